The zero-order valence-electron chi connectivity index (χ0n) is 9.20. The molecule has 1 rings (SSSR count). The Morgan fingerprint density at radius 2 is 2.35 bits per heavy atom. The van der Waals surface area contributed by atoms with Crippen LogP contribution in [0.5, 0.6) is 5.75 Å². The molecular weight excluding hydrogens is 252 g/mol. The van der Waals surface area contributed by atoms with Gasteiger partial charge in [0.05, 0.1) is 0 Å². The average Bonchev–Trinajstić information content (AvgIpc) is 2.58. The number of carbonyl (C=O) groups excluding carboxylic acids is 1. The van der Waals surface area contributed by atoms with E-state index in [1.165, 1.54) is 6.07 Å². The highest BCUT2D eigenvalue weighted by molar-refractivity contribution is 7.14. The fourth-order valence-corrected chi connectivity index (χ4v) is 2.05. The summed E-state index contributed by atoms with van der Waals surface area (Å²) in [6.07, 6.45) is 0.418. The lowest BCUT2D eigenvalue weighted by Crippen LogP contribution is -2.24. The van der Waals surface area contributed by atoms with E-state index >= 15 is 0 Å². The first-order chi connectivity index (χ1) is 8.04. The van der Waals surface area contributed by atoms with Gasteiger partial charge in [0.15, 0.2) is 0 Å². The monoisotopic (exact) mass is 265 g/mol. The van der Waals surface area contributed by atoms with Gasteiger partial charge in [-0.1, -0.05) is 0 Å². The number of thiophene rings is 1. The molecule has 0 atom stereocenters. The normalized spacial score (nSPS) is 10.6. The number of alkyl halides is 2. The largest absolute Gasteiger partial charge is 0.433 e. The Labute approximate surface area is 101 Å². The van der Waals surface area contributed by atoms with Crippen LogP contribution in [0.3, 0.4) is 0 Å². The zero-order valence-corrected chi connectivity index (χ0v) is 10.0. The van der Waals surface area contributed by atoms with Crippen molar-refractivity contribution in [3.8, 4) is 5.75 Å². The number of nitrogens with one attached hydrogen (secondary N) is 1. The SMILES string of the molecule is Cc1cc(OC(F)F)c(C(=O)NCCCO)s1. The predicted octanol–water partition coefficient (Wildman–Crippen LogP) is 1.77. The predicted molar refractivity (Wildman–Crippen MR) is 59.7 cm³/mol. The molecular formula is C10H13F2NO3S. The molecule has 0 unspecified atom stereocenters. The molecule has 0 aromatic carbocycles. The molecule has 0 spiro atoms. The van der Waals surface area contributed by atoms with Crippen LogP contribution in [0.1, 0.15) is 21.0 Å². The lowest BCUT2D eigenvalue weighted by Gasteiger charge is -2.06. The van der Waals surface area contributed by atoms with E-state index in [1.807, 2.05) is 0 Å². The number of aliphatic hydroxyl groups excluding tert-OH is 1. The molecule has 0 bridgehead atoms. The van der Waals surface area contributed by atoms with Gasteiger partial charge in [-0.2, -0.15) is 8.78 Å². The lowest BCUT2D eigenvalue weighted by atomic mass is 10.3. The van der Waals surface area contributed by atoms with Gasteiger partial charge in [-0.25, -0.2) is 0 Å². The fraction of sp³-hybridized carbons (Fsp3) is 0.500. The summed E-state index contributed by atoms with van der Waals surface area (Å²) in [6.45, 7) is -0.995. The van der Waals surface area contributed by atoms with Crippen molar-refractivity contribution in [3.63, 3.8) is 0 Å². The Balaban J connectivity index is 2.70. The van der Waals surface area contributed by atoms with Gasteiger partial charge in [0.25, 0.3) is 5.91 Å². The van der Waals surface area contributed by atoms with E-state index in [0.717, 1.165) is 11.3 Å². The van der Waals surface area contributed by atoms with Crippen molar-refractivity contribution in [2.24, 2.45) is 0 Å². The molecule has 1 amide bonds. The first-order valence-electron chi connectivity index (χ1n) is 4.99. The highest BCUT2D eigenvalue weighted by atomic mass is 32.1. The van der Waals surface area contributed by atoms with Crippen LogP contribution in [0.2, 0.25) is 0 Å². The van der Waals surface area contributed by atoms with Gasteiger partial charge >= 0.3 is 6.61 Å². The van der Waals surface area contributed by atoms with Gasteiger partial charge in [0, 0.05) is 18.0 Å². The van der Waals surface area contributed by atoms with Crippen LogP contribution in [0.4, 0.5) is 8.78 Å². The molecule has 0 aliphatic rings. The molecule has 4 nitrogen and oxygen atoms in total. The molecule has 96 valence electrons. The number of ether oxygens (including phenoxy) is 1. The Morgan fingerprint density at radius 1 is 1.65 bits per heavy atom. The maximum Gasteiger partial charge on any atom is 0.387 e. The summed E-state index contributed by atoms with van der Waals surface area (Å²) in [5.74, 6) is -0.573. The second kappa shape index (κ2) is 6.51. The molecule has 1 aromatic heterocycles. The third-order valence-electron chi connectivity index (χ3n) is 1.86. The Hall–Kier alpha value is -1.21. The molecule has 0 aliphatic heterocycles. The topological polar surface area (TPSA) is 58.6 Å². The summed E-state index contributed by atoms with van der Waals surface area (Å²) < 4.78 is 28.5. The molecule has 0 saturated heterocycles. The van der Waals surface area contributed by atoms with Gasteiger partial charge in [-0.15, -0.1) is 11.3 Å². The number of aliphatic hydroxyl groups is 1. The second-order valence-electron chi connectivity index (χ2n) is 3.26. The summed E-state index contributed by atoms with van der Waals surface area (Å²) in [5.41, 5.74) is 0. The number of halogens is 2. The highest BCUT2D eigenvalue weighted by Gasteiger charge is 2.18. The minimum absolute atomic E-state index is 0.0376. The van der Waals surface area contributed by atoms with Gasteiger partial charge in [0.1, 0.15) is 10.6 Å². The maximum atomic E-state index is 12.1. The van der Waals surface area contributed by atoms with E-state index in [9.17, 15) is 13.6 Å². The summed E-state index contributed by atoms with van der Waals surface area (Å²) in [4.78, 5) is 12.5. The van der Waals surface area contributed by atoms with E-state index < -0.39 is 12.5 Å². The molecule has 0 radical (unpaired) electrons. The van der Waals surface area contributed by atoms with Crippen molar-refractivity contribution in [1.82, 2.24) is 5.32 Å². The number of aryl methyl sites for hydroxylation is 1. The minimum atomic E-state index is -2.95. The average molecular weight is 265 g/mol. The van der Waals surface area contributed by atoms with E-state index in [-0.39, 0.29) is 17.2 Å². The van der Waals surface area contributed by atoms with Crippen LogP contribution in [0, 0.1) is 6.92 Å². The number of carbonyl (C=O) groups is 1. The Morgan fingerprint density at radius 3 is 2.94 bits per heavy atom. The van der Waals surface area contributed by atoms with Crippen molar-refractivity contribution in [3.05, 3.63) is 15.8 Å². The molecule has 2 N–H and O–H groups in total. The van der Waals surface area contributed by atoms with Crippen molar-refractivity contribution in [2.45, 2.75) is 20.0 Å². The maximum absolute atomic E-state index is 12.1. The number of rotatable bonds is 6. The van der Waals surface area contributed by atoms with E-state index in [4.69, 9.17) is 5.11 Å². The second-order valence-corrected chi connectivity index (χ2v) is 4.52. The van der Waals surface area contributed by atoms with Gasteiger partial charge in [-0.05, 0) is 19.4 Å². The van der Waals surface area contributed by atoms with Crippen molar-refractivity contribution < 1.29 is 23.4 Å². The van der Waals surface area contributed by atoms with Crippen LogP contribution < -0.4 is 10.1 Å². The standard InChI is InChI=1S/C10H13F2NO3S/c1-6-5-7(16-10(11)12)8(17-6)9(15)13-3-2-4-14/h5,10,14H,2-4H2,1H3,(H,13,15). The number of hydrogen-bond donors (Lipinski definition) is 2. The van der Waals surface area contributed by atoms with Crippen molar-refractivity contribution >= 4 is 17.2 Å². The summed E-state index contributed by atoms with van der Waals surface area (Å²) in [7, 11) is 0. The smallest absolute Gasteiger partial charge is 0.387 e. The molecule has 7 heteroatoms. The first kappa shape index (κ1) is 13.9. The van der Waals surface area contributed by atoms with Crippen LogP contribution in [-0.4, -0.2) is 30.8 Å². The fourth-order valence-electron chi connectivity index (χ4n) is 1.19. The van der Waals surface area contributed by atoms with Gasteiger partial charge in [0.2, 0.25) is 0 Å². The molecule has 0 saturated carbocycles. The molecule has 1 aromatic rings. The minimum Gasteiger partial charge on any atom is -0.433 e. The van der Waals surface area contributed by atoms with Crippen LogP contribution >= 0.6 is 11.3 Å². The van der Waals surface area contributed by atoms with E-state index in [2.05, 4.69) is 10.1 Å². The quantitative estimate of drug-likeness (QED) is 0.771. The molecule has 0 fully saturated rings. The number of hydrogen-bond acceptors (Lipinski definition) is 4. The van der Waals surface area contributed by atoms with Crippen LogP contribution in [0.15, 0.2) is 6.07 Å². The molecule has 17 heavy (non-hydrogen) atoms. The van der Waals surface area contributed by atoms with Gasteiger partial charge in [-0.3, -0.25) is 4.79 Å². The van der Waals surface area contributed by atoms with Crippen LogP contribution in [0.25, 0.3) is 0 Å². The number of amides is 1. The summed E-state index contributed by atoms with van der Waals surface area (Å²) >= 11 is 1.09. The zero-order chi connectivity index (χ0) is 12.8. The summed E-state index contributed by atoms with van der Waals surface area (Å²) in [5, 5.41) is 11.1. The molecule has 1 heterocycles. The Bertz CT molecular complexity index is 382. The Kier molecular flexibility index (Phi) is 5.30. The third-order valence-corrected chi connectivity index (χ3v) is 2.89. The van der Waals surface area contributed by atoms with E-state index in [0.29, 0.717) is 17.8 Å². The van der Waals surface area contributed by atoms with Crippen molar-refractivity contribution in [2.75, 3.05) is 13.2 Å². The lowest BCUT2D eigenvalue weighted by molar-refractivity contribution is -0.0498. The highest BCUT2D eigenvalue weighted by Crippen LogP contribution is 2.29. The van der Waals surface area contributed by atoms with Gasteiger partial charge < -0.3 is 15.2 Å². The van der Waals surface area contributed by atoms with E-state index in [1.54, 1.807) is 6.92 Å². The summed E-state index contributed by atoms with van der Waals surface area (Å²) in [6, 6.07) is 1.40. The van der Waals surface area contributed by atoms with Crippen LogP contribution in [-0.2, 0) is 0 Å². The molecule has 0 aliphatic carbocycles. The van der Waals surface area contributed by atoms with Crippen molar-refractivity contribution in [1.29, 1.82) is 0 Å². The first-order valence-corrected chi connectivity index (χ1v) is 5.80. The third kappa shape index (κ3) is 4.27.